The highest BCUT2D eigenvalue weighted by Crippen LogP contribution is 2.31. The van der Waals surface area contributed by atoms with Gasteiger partial charge in [0.05, 0.1) is 17.2 Å². The Hall–Kier alpha value is -0.650. The van der Waals surface area contributed by atoms with Crippen molar-refractivity contribution in [2.45, 2.75) is 19.4 Å². The molecule has 0 radical (unpaired) electrons. The van der Waals surface area contributed by atoms with Crippen LogP contribution in [0.4, 0.5) is 0 Å². The summed E-state index contributed by atoms with van der Waals surface area (Å²) in [4.78, 5) is 5.33. The number of nitrogens with two attached hydrogens (primary N) is 1. The number of nitrogens with one attached hydrogen (secondary N) is 1. The Morgan fingerprint density at radius 1 is 1.39 bits per heavy atom. The summed E-state index contributed by atoms with van der Waals surface area (Å²) >= 11 is 13.9. The van der Waals surface area contributed by atoms with Gasteiger partial charge in [-0.25, -0.2) is 4.98 Å². The van der Waals surface area contributed by atoms with Crippen molar-refractivity contribution in [3.63, 3.8) is 0 Å². The number of nitrogens with zero attached hydrogens (tertiary/aromatic N) is 1. The van der Waals surface area contributed by atoms with E-state index in [0.29, 0.717) is 16.5 Å². The van der Waals surface area contributed by atoms with E-state index >= 15 is 0 Å². The van der Waals surface area contributed by atoms with Crippen LogP contribution in [0.3, 0.4) is 0 Å². The minimum Gasteiger partial charge on any atom is -0.271 e. The lowest BCUT2D eigenvalue weighted by atomic mass is 10.0. The zero-order valence-corrected chi connectivity index (χ0v) is 12.1. The number of hydrazine groups is 1. The van der Waals surface area contributed by atoms with Gasteiger partial charge < -0.3 is 0 Å². The van der Waals surface area contributed by atoms with Crippen LogP contribution < -0.4 is 11.3 Å². The second-order valence-corrected chi connectivity index (χ2v) is 5.63. The van der Waals surface area contributed by atoms with E-state index in [1.807, 2.05) is 30.6 Å². The van der Waals surface area contributed by atoms with Crippen LogP contribution in [0.1, 0.15) is 22.2 Å². The molecule has 0 aliphatic rings. The number of thiazole rings is 1. The van der Waals surface area contributed by atoms with Crippen LogP contribution in [0.2, 0.25) is 10.0 Å². The average Bonchev–Trinajstić information content (AvgIpc) is 2.76. The van der Waals surface area contributed by atoms with Crippen LogP contribution in [0.15, 0.2) is 23.7 Å². The van der Waals surface area contributed by atoms with Crippen molar-refractivity contribution in [3.05, 3.63) is 49.9 Å². The van der Waals surface area contributed by atoms with Gasteiger partial charge in [-0.2, -0.15) is 0 Å². The van der Waals surface area contributed by atoms with Crippen LogP contribution in [0.5, 0.6) is 0 Å². The molecule has 96 valence electrons. The fourth-order valence-electron chi connectivity index (χ4n) is 1.80. The lowest BCUT2D eigenvalue weighted by molar-refractivity contribution is 0.557. The van der Waals surface area contributed by atoms with Gasteiger partial charge in [0.25, 0.3) is 0 Å². The van der Waals surface area contributed by atoms with Gasteiger partial charge >= 0.3 is 0 Å². The molecule has 2 aromatic rings. The molecule has 0 amide bonds. The Labute approximate surface area is 120 Å². The van der Waals surface area contributed by atoms with Gasteiger partial charge in [0.2, 0.25) is 0 Å². The molecule has 3 nitrogen and oxygen atoms in total. The topological polar surface area (TPSA) is 50.9 Å². The number of aryl methyl sites for hydroxylation is 1. The molecule has 0 saturated carbocycles. The summed E-state index contributed by atoms with van der Waals surface area (Å²) in [5, 5.41) is 1.31. The van der Waals surface area contributed by atoms with Crippen LogP contribution >= 0.6 is 34.5 Å². The molecular formula is C12H13Cl2N3S. The molecule has 18 heavy (non-hydrogen) atoms. The number of benzene rings is 1. The maximum absolute atomic E-state index is 6.17. The van der Waals surface area contributed by atoms with Crippen molar-refractivity contribution in [3.8, 4) is 0 Å². The molecule has 1 unspecified atom stereocenters. The fourth-order valence-corrected chi connectivity index (χ4v) is 3.22. The molecule has 1 aromatic heterocycles. The van der Waals surface area contributed by atoms with Crippen molar-refractivity contribution in [2.24, 2.45) is 5.84 Å². The third-order valence-corrected chi connectivity index (χ3v) is 4.52. The van der Waals surface area contributed by atoms with E-state index in [0.717, 1.165) is 16.1 Å². The number of hydrogen-bond acceptors (Lipinski definition) is 4. The maximum Gasteiger partial charge on any atom is 0.0798 e. The molecule has 0 aliphatic carbocycles. The van der Waals surface area contributed by atoms with Crippen LogP contribution in [-0.4, -0.2) is 4.98 Å². The predicted molar refractivity (Wildman–Crippen MR) is 77.1 cm³/mol. The second-order valence-electron chi connectivity index (χ2n) is 3.93. The predicted octanol–water partition coefficient (Wildman–Crippen LogP) is 3.51. The summed E-state index contributed by atoms with van der Waals surface area (Å²) in [5.74, 6) is 5.62. The van der Waals surface area contributed by atoms with Gasteiger partial charge in [0, 0.05) is 14.9 Å². The highest BCUT2D eigenvalue weighted by atomic mass is 35.5. The third-order valence-electron chi connectivity index (χ3n) is 2.77. The molecule has 1 heterocycles. The summed E-state index contributed by atoms with van der Waals surface area (Å²) in [7, 11) is 0. The van der Waals surface area contributed by atoms with E-state index in [9.17, 15) is 0 Å². The minimum atomic E-state index is -0.0325. The summed E-state index contributed by atoms with van der Waals surface area (Å²) < 4.78 is 0. The number of halogens is 2. The fraction of sp³-hybridized carbons (Fsp3) is 0.250. The lowest BCUT2D eigenvalue weighted by Crippen LogP contribution is -2.29. The Bertz CT molecular complexity index is 522. The van der Waals surface area contributed by atoms with E-state index in [2.05, 4.69) is 10.4 Å². The van der Waals surface area contributed by atoms with Crippen LogP contribution in [0.25, 0.3) is 0 Å². The SMILES string of the molecule is Cc1ncsc1C(Cc1c(Cl)cccc1Cl)NN. The average molecular weight is 302 g/mol. The Kier molecular flexibility index (Phi) is 4.59. The Morgan fingerprint density at radius 3 is 2.56 bits per heavy atom. The third kappa shape index (κ3) is 2.84. The van der Waals surface area contributed by atoms with Gasteiger partial charge in [-0.05, 0) is 31.0 Å². The molecule has 0 fully saturated rings. The maximum atomic E-state index is 6.17. The summed E-state index contributed by atoms with van der Waals surface area (Å²) in [6, 6.07) is 5.46. The van der Waals surface area contributed by atoms with Crippen molar-refractivity contribution >= 4 is 34.5 Å². The van der Waals surface area contributed by atoms with Gasteiger partial charge in [-0.1, -0.05) is 29.3 Å². The quantitative estimate of drug-likeness (QED) is 0.671. The van der Waals surface area contributed by atoms with Crippen LogP contribution in [0, 0.1) is 6.92 Å². The minimum absolute atomic E-state index is 0.0325. The first-order valence-corrected chi connectivity index (χ1v) is 7.06. The first-order valence-electron chi connectivity index (χ1n) is 5.42. The van der Waals surface area contributed by atoms with Gasteiger partial charge in [0.1, 0.15) is 0 Å². The van der Waals surface area contributed by atoms with Gasteiger partial charge in [-0.15, -0.1) is 11.3 Å². The van der Waals surface area contributed by atoms with E-state index in [1.165, 1.54) is 0 Å². The number of rotatable bonds is 4. The van der Waals surface area contributed by atoms with E-state index in [1.54, 1.807) is 11.3 Å². The van der Waals surface area contributed by atoms with Crippen molar-refractivity contribution in [2.75, 3.05) is 0 Å². The molecule has 0 aliphatic heterocycles. The summed E-state index contributed by atoms with van der Waals surface area (Å²) in [5.41, 5.74) is 6.49. The lowest BCUT2D eigenvalue weighted by Gasteiger charge is -2.16. The van der Waals surface area contributed by atoms with Crippen molar-refractivity contribution in [1.29, 1.82) is 0 Å². The smallest absolute Gasteiger partial charge is 0.0798 e. The van der Waals surface area contributed by atoms with E-state index in [4.69, 9.17) is 29.0 Å². The summed E-state index contributed by atoms with van der Waals surface area (Å²) in [6.07, 6.45) is 0.637. The zero-order valence-electron chi connectivity index (χ0n) is 9.78. The molecule has 0 bridgehead atoms. The zero-order chi connectivity index (χ0) is 13.1. The first-order chi connectivity index (χ1) is 8.63. The van der Waals surface area contributed by atoms with E-state index in [-0.39, 0.29) is 6.04 Å². The van der Waals surface area contributed by atoms with Crippen molar-refractivity contribution < 1.29 is 0 Å². The standard InChI is InChI=1S/C12H13Cl2N3S/c1-7-12(18-6-16-7)11(17-15)5-8-9(13)3-2-4-10(8)14/h2-4,6,11,17H,5,15H2,1H3. The number of hydrogen-bond donors (Lipinski definition) is 2. The highest BCUT2D eigenvalue weighted by Gasteiger charge is 2.18. The molecule has 2 rings (SSSR count). The molecule has 0 saturated heterocycles. The molecular weight excluding hydrogens is 289 g/mol. The Balaban J connectivity index is 2.29. The second kappa shape index (κ2) is 5.99. The molecule has 0 spiro atoms. The van der Waals surface area contributed by atoms with Crippen LogP contribution in [-0.2, 0) is 6.42 Å². The van der Waals surface area contributed by atoms with Crippen molar-refractivity contribution in [1.82, 2.24) is 10.4 Å². The van der Waals surface area contributed by atoms with Gasteiger partial charge in [0.15, 0.2) is 0 Å². The normalized spacial score (nSPS) is 12.7. The number of aromatic nitrogens is 1. The molecule has 1 aromatic carbocycles. The molecule has 3 N–H and O–H groups in total. The molecule has 1 atom stereocenters. The van der Waals surface area contributed by atoms with E-state index < -0.39 is 0 Å². The molecule has 6 heteroatoms. The summed E-state index contributed by atoms with van der Waals surface area (Å²) in [6.45, 7) is 1.96. The first kappa shape index (κ1) is 13.8. The largest absolute Gasteiger partial charge is 0.271 e. The monoisotopic (exact) mass is 301 g/mol. The van der Waals surface area contributed by atoms with Gasteiger partial charge in [-0.3, -0.25) is 11.3 Å². The Morgan fingerprint density at radius 2 is 2.06 bits per heavy atom. The highest BCUT2D eigenvalue weighted by molar-refractivity contribution is 7.09.